The number of aryl methyl sites for hydroxylation is 1. The Kier molecular flexibility index (Phi) is 14.3. The number of benzene rings is 2. The number of pyridine rings is 2. The lowest BCUT2D eigenvalue weighted by Gasteiger charge is -2.19. The smallest absolute Gasteiger partial charge is 0.128 e. The summed E-state index contributed by atoms with van der Waals surface area (Å²) in [5, 5.41) is 0. The summed E-state index contributed by atoms with van der Waals surface area (Å²) in [4.78, 5) is 12.5. The van der Waals surface area contributed by atoms with Gasteiger partial charge in [-0.2, -0.15) is 0 Å². The Hall–Kier alpha value is -3.50. The molecule has 0 atom stereocenters. The van der Waals surface area contributed by atoms with E-state index in [1.165, 1.54) is 16.7 Å². The standard InChI is InChI=1S/C17H22N2.C11H16.C5H5N.C3H9N/c1-17(2,3)14-11-9-13(10-12-14)15-7-6-8-16(18-15)19(4)5;1-9-5-7-10(8-6-9)11(2,3)4;1-2-4-6-5-3-1;1-4(2)3/h6-12H,1-5H3;5-8H,1-4H3;1-5H;1-3H3. The molecule has 0 amide bonds. The molecule has 0 aliphatic rings. The van der Waals surface area contributed by atoms with Crippen molar-refractivity contribution in [1.82, 2.24) is 14.9 Å². The van der Waals surface area contributed by atoms with Gasteiger partial charge in [0.05, 0.1) is 5.69 Å². The van der Waals surface area contributed by atoms with E-state index in [0.29, 0.717) is 0 Å². The molecule has 0 unspecified atom stereocenters. The summed E-state index contributed by atoms with van der Waals surface area (Å²) in [6, 6.07) is 29.3. The molecule has 4 aromatic rings. The van der Waals surface area contributed by atoms with E-state index in [1.807, 2.05) is 69.3 Å². The van der Waals surface area contributed by atoms with Crippen molar-refractivity contribution in [3.8, 4) is 11.3 Å². The minimum Gasteiger partial charge on any atom is -0.363 e. The van der Waals surface area contributed by atoms with Crippen LogP contribution in [0.25, 0.3) is 11.3 Å². The Morgan fingerprint density at radius 1 is 0.550 bits per heavy atom. The highest BCUT2D eigenvalue weighted by atomic mass is 15.1. The second-order valence-corrected chi connectivity index (χ2v) is 12.6. The van der Waals surface area contributed by atoms with Crippen LogP contribution in [-0.2, 0) is 10.8 Å². The molecule has 0 bridgehead atoms. The van der Waals surface area contributed by atoms with Crippen LogP contribution in [0.1, 0.15) is 58.2 Å². The molecule has 0 spiro atoms. The Bertz CT molecular complexity index is 1170. The highest BCUT2D eigenvalue weighted by molar-refractivity contribution is 5.62. The van der Waals surface area contributed by atoms with Gasteiger partial charge in [-0.15, -0.1) is 0 Å². The zero-order valence-electron chi connectivity index (χ0n) is 27.0. The van der Waals surface area contributed by atoms with Gasteiger partial charge in [0.15, 0.2) is 0 Å². The molecule has 2 heterocycles. The Balaban J connectivity index is 0.000000318. The summed E-state index contributed by atoms with van der Waals surface area (Å²) >= 11 is 0. The van der Waals surface area contributed by atoms with Crippen molar-refractivity contribution in [1.29, 1.82) is 0 Å². The van der Waals surface area contributed by atoms with Crippen LogP contribution in [0.2, 0.25) is 0 Å². The van der Waals surface area contributed by atoms with Gasteiger partial charge in [-0.3, -0.25) is 4.98 Å². The first-order valence-electron chi connectivity index (χ1n) is 13.9. The summed E-state index contributed by atoms with van der Waals surface area (Å²) < 4.78 is 0. The first-order chi connectivity index (χ1) is 18.6. The maximum absolute atomic E-state index is 4.66. The Labute approximate surface area is 245 Å². The monoisotopic (exact) mass is 540 g/mol. The van der Waals surface area contributed by atoms with Crippen LogP contribution in [0.15, 0.2) is 97.3 Å². The average Bonchev–Trinajstić information content (AvgIpc) is 2.89. The second kappa shape index (κ2) is 16.6. The molecule has 0 fully saturated rings. The molecule has 40 heavy (non-hydrogen) atoms. The van der Waals surface area contributed by atoms with Crippen LogP contribution in [0.3, 0.4) is 0 Å². The minimum atomic E-state index is 0.192. The molecule has 4 nitrogen and oxygen atoms in total. The van der Waals surface area contributed by atoms with Crippen molar-refractivity contribution in [3.05, 3.63) is 114 Å². The van der Waals surface area contributed by atoms with E-state index >= 15 is 0 Å². The first-order valence-corrected chi connectivity index (χ1v) is 13.9. The fraction of sp³-hybridized carbons (Fsp3) is 0.389. The van der Waals surface area contributed by atoms with Crippen LogP contribution in [0, 0.1) is 6.92 Å². The van der Waals surface area contributed by atoms with Gasteiger partial charge in [-0.05, 0) is 74.3 Å². The van der Waals surface area contributed by atoms with Gasteiger partial charge in [-0.1, -0.05) is 108 Å². The Morgan fingerprint density at radius 3 is 1.35 bits per heavy atom. The fourth-order valence-corrected chi connectivity index (χ4v) is 3.34. The quantitative estimate of drug-likeness (QED) is 0.255. The third-order valence-corrected chi connectivity index (χ3v) is 5.72. The zero-order valence-corrected chi connectivity index (χ0v) is 27.0. The lowest BCUT2D eigenvalue weighted by atomic mass is 9.86. The molecule has 0 N–H and O–H groups in total. The maximum Gasteiger partial charge on any atom is 0.128 e. The van der Waals surface area contributed by atoms with Crippen LogP contribution in [0.4, 0.5) is 5.82 Å². The van der Waals surface area contributed by atoms with Crippen molar-refractivity contribution in [2.24, 2.45) is 0 Å². The van der Waals surface area contributed by atoms with Crippen molar-refractivity contribution in [2.45, 2.75) is 59.3 Å². The number of anilines is 1. The topological polar surface area (TPSA) is 32.3 Å². The van der Waals surface area contributed by atoms with Gasteiger partial charge in [0.25, 0.3) is 0 Å². The summed E-state index contributed by atoms with van der Waals surface area (Å²) in [5.41, 5.74) is 6.75. The molecule has 0 saturated heterocycles. The molecule has 4 heteroatoms. The summed E-state index contributed by atoms with van der Waals surface area (Å²) in [6.45, 7) is 15.5. The zero-order chi connectivity index (χ0) is 30.3. The average molecular weight is 541 g/mol. The number of rotatable bonds is 2. The molecule has 0 aliphatic heterocycles. The lowest BCUT2D eigenvalue weighted by molar-refractivity contribution is 0.505. The lowest BCUT2D eigenvalue weighted by Crippen LogP contribution is -2.11. The molecule has 216 valence electrons. The predicted molar refractivity (Wildman–Crippen MR) is 176 cm³/mol. The van der Waals surface area contributed by atoms with Crippen LogP contribution in [-0.4, -0.2) is 50.1 Å². The van der Waals surface area contributed by atoms with E-state index < -0.39 is 0 Å². The van der Waals surface area contributed by atoms with E-state index in [4.69, 9.17) is 0 Å². The van der Waals surface area contributed by atoms with Crippen molar-refractivity contribution >= 4 is 5.82 Å². The van der Waals surface area contributed by atoms with Crippen molar-refractivity contribution < 1.29 is 0 Å². The van der Waals surface area contributed by atoms with Crippen molar-refractivity contribution in [2.75, 3.05) is 40.1 Å². The summed E-state index contributed by atoms with van der Waals surface area (Å²) in [5.74, 6) is 0.984. The van der Waals surface area contributed by atoms with Gasteiger partial charge in [-0.25, -0.2) is 4.98 Å². The molecular formula is C36H52N4. The fourth-order valence-electron chi connectivity index (χ4n) is 3.34. The Morgan fingerprint density at radius 2 is 1.00 bits per heavy atom. The molecular weight excluding hydrogens is 488 g/mol. The van der Waals surface area contributed by atoms with Gasteiger partial charge in [0.1, 0.15) is 5.82 Å². The number of nitrogens with zero attached hydrogens (tertiary/aromatic N) is 4. The summed E-state index contributed by atoms with van der Waals surface area (Å²) in [7, 11) is 10.0. The van der Waals surface area contributed by atoms with E-state index in [0.717, 1.165) is 17.1 Å². The van der Waals surface area contributed by atoms with Gasteiger partial charge < -0.3 is 9.80 Å². The largest absolute Gasteiger partial charge is 0.363 e. The SMILES string of the molecule is CN(C)C.CN(C)c1cccc(-c2ccc(C(C)(C)C)cc2)n1.Cc1ccc(C(C)(C)C)cc1.c1ccncc1. The number of hydrogen-bond acceptors (Lipinski definition) is 4. The second-order valence-electron chi connectivity index (χ2n) is 12.6. The van der Waals surface area contributed by atoms with Crippen LogP contribution >= 0.6 is 0 Å². The highest BCUT2D eigenvalue weighted by Crippen LogP contribution is 2.26. The van der Waals surface area contributed by atoms with Gasteiger partial charge in [0.2, 0.25) is 0 Å². The minimum absolute atomic E-state index is 0.192. The highest BCUT2D eigenvalue weighted by Gasteiger charge is 2.13. The normalized spacial score (nSPS) is 10.7. The van der Waals surface area contributed by atoms with E-state index in [-0.39, 0.29) is 10.8 Å². The molecule has 2 aromatic carbocycles. The molecule has 0 radical (unpaired) electrons. The third-order valence-electron chi connectivity index (χ3n) is 5.72. The molecule has 4 rings (SSSR count). The van der Waals surface area contributed by atoms with Gasteiger partial charge in [0, 0.05) is 32.1 Å². The van der Waals surface area contributed by atoms with Gasteiger partial charge >= 0.3 is 0 Å². The first kappa shape index (κ1) is 34.5. The van der Waals surface area contributed by atoms with E-state index in [2.05, 4.69) is 119 Å². The molecule has 0 aliphatic carbocycles. The third kappa shape index (κ3) is 14.0. The molecule has 0 saturated carbocycles. The van der Waals surface area contributed by atoms with E-state index in [9.17, 15) is 0 Å². The van der Waals surface area contributed by atoms with E-state index in [1.54, 1.807) is 12.4 Å². The molecule has 2 aromatic heterocycles. The van der Waals surface area contributed by atoms with Crippen LogP contribution in [0.5, 0.6) is 0 Å². The number of aromatic nitrogens is 2. The van der Waals surface area contributed by atoms with Crippen LogP contribution < -0.4 is 4.90 Å². The maximum atomic E-state index is 4.66. The summed E-state index contributed by atoms with van der Waals surface area (Å²) in [6.07, 6.45) is 3.50. The number of hydrogen-bond donors (Lipinski definition) is 0. The predicted octanol–water partition coefficient (Wildman–Crippen LogP) is 8.66. The van der Waals surface area contributed by atoms with Crippen molar-refractivity contribution in [3.63, 3.8) is 0 Å².